The fourth-order valence-corrected chi connectivity index (χ4v) is 6.82. The van der Waals surface area contributed by atoms with Gasteiger partial charge in [0.1, 0.15) is 42.0 Å². The standard InChI is InChI=1S/C37H57N9O10/c1-19(2)17-27(34(53)41-20(3)31(40)50)45-33(52)25(13-15-30(48)49)42-36(55)29-14-9-22-8-12-26(37(56)46(22)29)43-35(54)28(18-21-6-10-23(47)11-7-21)44-32(51)24(39)5-4-16-38/h6-7,10-11,19-20,22,24-29,47H,4-5,8-9,12-18,38-39H2,1-3H3,(H2,40,50)(H,41,53)(H,42,55)(H,43,54)(H,44,51)(H,45,52)(H,48,49)/t20-,22-,24-,25-,26-,27-,28-,29?/m1/s1. The number of phenols is 1. The summed E-state index contributed by atoms with van der Waals surface area (Å²) in [4.78, 5) is 105. The maximum atomic E-state index is 14.0. The lowest BCUT2D eigenvalue weighted by molar-refractivity contribution is -0.147. The highest BCUT2D eigenvalue weighted by atomic mass is 16.4. The van der Waals surface area contributed by atoms with Crippen molar-refractivity contribution in [2.45, 2.75) is 133 Å². The summed E-state index contributed by atoms with van der Waals surface area (Å²) in [5.74, 6) is -6.11. The van der Waals surface area contributed by atoms with Crippen molar-refractivity contribution in [3.8, 4) is 5.75 Å². The number of aliphatic carboxylic acids is 1. The zero-order chi connectivity index (χ0) is 41.7. The van der Waals surface area contributed by atoms with Crippen molar-refractivity contribution in [2.75, 3.05) is 6.54 Å². The molecule has 1 aromatic rings. The molecule has 310 valence electrons. The number of nitrogens with zero attached hydrogens (tertiary/aromatic N) is 1. The number of phenolic OH excluding ortho intramolecular Hbond substituents is 1. The number of piperidine rings is 1. The van der Waals surface area contributed by atoms with Crippen LogP contribution in [-0.2, 0) is 44.8 Å². The van der Waals surface area contributed by atoms with Crippen LogP contribution in [0.2, 0.25) is 0 Å². The van der Waals surface area contributed by atoms with Gasteiger partial charge in [0.05, 0.1) is 6.04 Å². The van der Waals surface area contributed by atoms with Crippen molar-refractivity contribution < 1.29 is 48.6 Å². The lowest BCUT2D eigenvalue weighted by Gasteiger charge is -2.38. The van der Waals surface area contributed by atoms with E-state index in [1.807, 2.05) is 13.8 Å². The second kappa shape index (κ2) is 21.1. The van der Waals surface area contributed by atoms with Crippen LogP contribution in [0, 0.1) is 5.92 Å². The van der Waals surface area contributed by atoms with Crippen molar-refractivity contribution in [3.05, 3.63) is 29.8 Å². The van der Waals surface area contributed by atoms with Crippen LogP contribution >= 0.6 is 0 Å². The van der Waals surface area contributed by atoms with E-state index < -0.39 is 96.0 Å². The predicted molar refractivity (Wildman–Crippen MR) is 202 cm³/mol. The molecule has 2 fully saturated rings. The van der Waals surface area contributed by atoms with Gasteiger partial charge >= 0.3 is 5.97 Å². The van der Waals surface area contributed by atoms with Gasteiger partial charge < -0.3 is 58.9 Å². The van der Waals surface area contributed by atoms with Crippen LogP contribution in [0.1, 0.15) is 84.1 Å². The molecule has 56 heavy (non-hydrogen) atoms. The van der Waals surface area contributed by atoms with Crippen LogP contribution in [0.25, 0.3) is 0 Å². The summed E-state index contributed by atoms with van der Waals surface area (Å²) in [6.45, 7) is 5.32. The first-order valence-electron chi connectivity index (χ1n) is 19.0. The Morgan fingerprint density at radius 2 is 1.45 bits per heavy atom. The third-order valence-electron chi connectivity index (χ3n) is 9.93. The number of nitrogens with two attached hydrogens (primary N) is 3. The molecule has 0 aliphatic carbocycles. The normalized spacial score (nSPS) is 20.4. The molecule has 19 heteroatoms. The van der Waals surface area contributed by atoms with E-state index >= 15 is 0 Å². The highest BCUT2D eigenvalue weighted by Crippen LogP contribution is 2.33. The Morgan fingerprint density at radius 1 is 0.821 bits per heavy atom. The highest BCUT2D eigenvalue weighted by Gasteiger charge is 2.47. The third kappa shape index (κ3) is 13.2. The van der Waals surface area contributed by atoms with Crippen molar-refractivity contribution in [1.82, 2.24) is 31.5 Å². The molecule has 8 atom stereocenters. The van der Waals surface area contributed by atoms with E-state index in [4.69, 9.17) is 17.2 Å². The van der Waals surface area contributed by atoms with Gasteiger partial charge in [-0.15, -0.1) is 0 Å². The Morgan fingerprint density at radius 3 is 2.05 bits per heavy atom. The van der Waals surface area contributed by atoms with Gasteiger partial charge in [0.15, 0.2) is 0 Å². The first-order chi connectivity index (χ1) is 26.4. The molecule has 0 saturated carbocycles. The Bertz CT molecular complexity index is 1590. The van der Waals surface area contributed by atoms with E-state index in [0.29, 0.717) is 37.8 Å². The number of hydrogen-bond acceptors (Lipinski definition) is 11. The zero-order valence-corrected chi connectivity index (χ0v) is 32.1. The average Bonchev–Trinajstić information content (AvgIpc) is 3.58. The number of nitrogens with one attached hydrogen (secondary N) is 5. The second-order valence-corrected chi connectivity index (χ2v) is 14.9. The van der Waals surface area contributed by atoms with Crippen LogP contribution in [0.3, 0.4) is 0 Å². The largest absolute Gasteiger partial charge is 0.508 e. The minimum Gasteiger partial charge on any atom is -0.508 e. The summed E-state index contributed by atoms with van der Waals surface area (Å²) in [6.07, 6.45) is 1.53. The lowest BCUT2D eigenvalue weighted by atomic mass is 9.97. The van der Waals surface area contributed by atoms with Gasteiger partial charge in [-0.3, -0.25) is 38.4 Å². The van der Waals surface area contributed by atoms with Crippen molar-refractivity contribution >= 4 is 47.3 Å². The zero-order valence-electron chi connectivity index (χ0n) is 32.1. The summed E-state index contributed by atoms with van der Waals surface area (Å²) in [5.41, 5.74) is 17.5. The Kier molecular flexibility index (Phi) is 17.0. The summed E-state index contributed by atoms with van der Waals surface area (Å²) in [5, 5.41) is 32.1. The van der Waals surface area contributed by atoms with Gasteiger partial charge in [-0.1, -0.05) is 26.0 Å². The van der Waals surface area contributed by atoms with Gasteiger partial charge in [0.2, 0.25) is 41.4 Å². The number of aromatic hydroxyl groups is 1. The first-order valence-corrected chi connectivity index (χ1v) is 19.0. The van der Waals surface area contributed by atoms with Gasteiger partial charge in [-0.2, -0.15) is 0 Å². The summed E-state index contributed by atoms with van der Waals surface area (Å²) >= 11 is 0. The molecule has 2 saturated heterocycles. The topological polar surface area (TPSA) is 318 Å². The van der Waals surface area contributed by atoms with Crippen molar-refractivity contribution in [1.29, 1.82) is 0 Å². The molecule has 0 aromatic heterocycles. The number of fused-ring (bicyclic) bond motifs is 1. The molecule has 0 radical (unpaired) electrons. The number of rotatable bonds is 21. The minimum atomic E-state index is -1.40. The van der Waals surface area contributed by atoms with Crippen LogP contribution < -0.4 is 43.8 Å². The van der Waals surface area contributed by atoms with Crippen molar-refractivity contribution in [3.63, 3.8) is 0 Å². The summed E-state index contributed by atoms with van der Waals surface area (Å²) in [6, 6.07) is -2.03. The summed E-state index contributed by atoms with van der Waals surface area (Å²) in [7, 11) is 0. The molecule has 7 amide bonds. The van der Waals surface area contributed by atoms with E-state index in [-0.39, 0.29) is 49.8 Å². The fourth-order valence-electron chi connectivity index (χ4n) is 6.82. The van der Waals surface area contributed by atoms with E-state index in [9.17, 15) is 48.6 Å². The maximum absolute atomic E-state index is 14.0. The van der Waals surface area contributed by atoms with Gasteiger partial charge in [0.25, 0.3) is 0 Å². The maximum Gasteiger partial charge on any atom is 0.303 e. The Labute approximate surface area is 325 Å². The van der Waals surface area contributed by atoms with Crippen LogP contribution in [0.15, 0.2) is 24.3 Å². The van der Waals surface area contributed by atoms with Crippen LogP contribution in [0.5, 0.6) is 5.75 Å². The smallest absolute Gasteiger partial charge is 0.303 e. The van der Waals surface area contributed by atoms with Crippen molar-refractivity contribution in [2.24, 2.45) is 23.1 Å². The molecule has 13 N–H and O–H groups in total. The average molecular weight is 788 g/mol. The molecule has 2 heterocycles. The predicted octanol–water partition coefficient (Wildman–Crippen LogP) is -2.01. The molecule has 1 aromatic carbocycles. The second-order valence-electron chi connectivity index (χ2n) is 14.9. The molecule has 2 aliphatic heterocycles. The number of hydrogen-bond donors (Lipinski definition) is 10. The summed E-state index contributed by atoms with van der Waals surface area (Å²) < 4.78 is 0. The SMILES string of the molecule is CC(C)C[C@@H](NC(=O)[C@@H](CCC(=O)O)NC(=O)C1CC[C@H]2CC[C@@H](NC(=O)[C@@H](Cc3ccc(O)cc3)NC(=O)[C@H](N)CCCN)C(=O)N12)C(=O)N[C@H](C)C(N)=O. The molecular weight excluding hydrogens is 730 g/mol. The quantitative estimate of drug-likeness (QED) is 0.0647. The molecule has 0 bridgehead atoms. The first kappa shape index (κ1) is 45.1. The monoisotopic (exact) mass is 787 g/mol. The lowest BCUT2D eigenvalue weighted by Crippen LogP contribution is -2.62. The third-order valence-corrected chi connectivity index (χ3v) is 9.93. The number of carbonyl (C=O) groups excluding carboxylic acids is 7. The number of carbonyl (C=O) groups is 8. The van der Waals surface area contributed by atoms with Gasteiger partial charge in [-0.25, -0.2) is 0 Å². The molecular formula is C37H57N9O10. The Hall–Kier alpha value is -5.30. The van der Waals surface area contributed by atoms with Gasteiger partial charge in [-0.05, 0) is 88.4 Å². The van der Waals surface area contributed by atoms with E-state index in [1.54, 1.807) is 12.1 Å². The number of benzene rings is 1. The molecule has 1 unspecified atom stereocenters. The van der Waals surface area contributed by atoms with Gasteiger partial charge in [0, 0.05) is 18.9 Å². The molecule has 2 aliphatic rings. The number of amides is 7. The molecule has 19 nitrogen and oxygen atoms in total. The molecule has 3 rings (SSSR count). The highest BCUT2D eigenvalue weighted by molar-refractivity contribution is 5.98. The van der Waals surface area contributed by atoms with E-state index in [2.05, 4.69) is 26.6 Å². The molecule has 0 spiro atoms. The van der Waals surface area contributed by atoms with E-state index in [0.717, 1.165) is 0 Å². The number of primary amides is 1. The van der Waals surface area contributed by atoms with Crippen LogP contribution in [-0.4, -0.2) is 117 Å². The Balaban J connectivity index is 1.77. The number of carboxylic acid groups (broad SMARTS) is 1. The van der Waals surface area contributed by atoms with Crippen LogP contribution in [0.4, 0.5) is 0 Å². The fraction of sp³-hybridized carbons (Fsp3) is 0.622. The minimum absolute atomic E-state index is 0.0115. The van der Waals surface area contributed by atoms with E-state index in [1.165, 1.54) is 24.0 Å². The number of carboxylic acids is 1.